The van der Waals surface area contributed by atoms with Crippen LogP contribution in [0.3, 0.4) is 0 Å². The molecule has 1 saturated heterocycles. The van der Waals surface area contributed by atoms with E-state index in [1.807, 2.05) is 6.92 Å². The predicted octanol–water partition coefficient (Wildman–Crippen LogP) is 3.44. The zero-order valence-electron chi connectivity index (χ0n) is 10.4. The van der Waals surface area contributed by atoms with Gasteiger partial charge in [0.2, 0.25) is 0 Å². The molecule has 1 aromatic carbocycles. The molecule has 1 unspecified atom stereocenters. The molecule has 0 saturated carbocycles. The van der Waals surface area contributed by atoms with Crippen LogP contribution >= 0.6 is 11.6 Å². The number of hydrogen-bond acceptors (Lipinski definition) is 2. The molecule has 0 amide bonds. The van der Waals surface area contributed by atoms with Crippen LogP contribution in [0.25, 0.3) is 0 Å². The quantitative estimate of drug-likeness (QED) is 0.852. The van der Waals surface area contributed by atoms with Gasteiger partial charge in [0, 0.05) is 17.5 Å². The standard InChI is InChI=1S/C14H17ClFNO/c1-2-14(6-3-7-17-9-14)13(18)11-8-10(16)4-5-12(11)15/h4-5,8,17H,2-3,6-7,9H2,1H3. The summed E-state index contributed by atoms with van der Waals surface area (Å²) in [4.78, 5) is 12.6. The summed E-state index contributed by atoms with van der Waals surface area (Å²) in [6.45, 7) is 3.58. The number of hydrogen-bond donors (Lipinski definition) is 1. The smallest absolute Gasteiger partial charge is 0.171 e. The number of nitrogens with one attached hydrogen (secondary N) is 1. The first-order valence-electron chi connectivity index (χ1n) is 6.29. The maximum atomic E-state index is 13.3. The summed E-state index contributed by atoms with van der Waals surface area (Å²) < 4.78 is 13.3. The molecule has 2 rings (SSSR count). The van der Waals surface area contributed by atoms with Gasteiger partial charge in [-0.1, -0.05) is 18.5 Å². The predicted molar refractivity (Wildman–Crippen MR) is 70.6 cm³/mol. The van der Waals surface area contributed by atoms with Crippen LogP contribution in [-0.4, -0.2) is 18.9 Å². The Balaban J connectivity index is 2.36. The van der Waals surface area contributed by atoms with Gasteiger partial charge in [0.15, 0.2) is 5.78 Å². The van der Waals surface area contributed by atoms with Crippen LogP contribution in [0, 0.1) is 11.2 Å². The molecule has 1 aliphatic heterocycles. The van der Waals surface area contributed by atoms with Crippen molar-refractivity contribution in [3.05, 3.63) is 34.6 Å². The number of ketones is 1. The van der Waals surface area contributed by atoms with E-state index in [1.54, 1.807) is 0 Å². The summed E-state index contributed by atoms with van der Waals surface area (Å²) >= 11 is 6.02. The molecule has 1 fully saturated rings. The molecule has 0 aliphatic carbocycles. The maximum Gasteiger partial charge on any atom is 0.171 e. The molecule has 2 nitrogen and oxygen atoms in total. The minimum Gasteiger partial charge on any atom is -0.316 e. The molecule has 1 heterocycles. The van der Waals surface area contributed by atoms with Gasteiger partial charge in [0.1, 0.15) is 5.82 Å². The molecular weight excluding hydrogens is 253 g/mol. The number of halogens is 2. The second kappa shape index (κ2) is 5.37. The van der Waals surface area contributed by atoms with Crippen molar-refractivity contribution in [3.8, 4) is 0 Å². The van der Waals surface area contributed by atoms with Crippen molar-refractivity contribution in [1.29, 1.82) is 0 Å². The first kappa shape index (κ1) is 13.5. The summed E-state index contributed by atoms with van der Waals surface area (Å²) in [6, 6.07) is 3.97. The summed E-state index contributed by atoms with van der Waals surface area (Å²) in [6.07, 6.45) is 2.54. The molecule has 0 aromatic heterocycles. The van der Waals surface area contributed by atoms with Crippen LogP contribution in [0.5, 0.6) is 0 Å². The first-order chi connectivity index (χ1) is 8.59. The van der Waals surface area contributed by atoms with E-state index in [4.69, 9.17) is 11.6 Å². The Morgan fingerprint density at radius 2 is 2.33 bits per heavy atom. The Bertz CT molecular complexity index is 455. The van der Waals surface area contributed by atoms with Crippen LogP contribution in [0.1, 0.15) is 36.5 Å². The second-order valence-electron chi connectivity index (χ2n) is 4.87. The van der Waals surface area contributed by atoms with Crippen molar-refractivity contribution in [2.45, 2.75) is 26.2 Å². The van der Waals surface area contributed by atoms with Gasteiger partial charge in [-0.2, -0.15) is 0 Å². The molecule has 1 aliphatic rings. The Labute approximate surface area is 112 Å². The van der Waals surface area contributed by atoms with Crippen LogP contribution in [-0.2, 0) is 0 Å². The number of piperidine rings is 1. The van der Waals surface area contributed by atoms with Gasteiger partial charge in [0.25, 0.3) is 0 Å². The Morgan fingerprint density at radius 1 is 1.56 bits per heavy atom. The van der Waals surface area contributed by atoms with Gasteiger partial charge in [-0.25, -0.2) is 4.39 Å². The average molecular weight is 270 g/mol. The Kier molecular flexibility index (Phi) is 4.03. The molecule has 98 valence electrons. The van der Waals surface area contributed by atoms with E-state index in [-0.39, 0.29) is 5.78 Å². The highest BCUT2D eigenvalue weighted by Crippen LogP contribution is 2.35. The summed E-state index contributed by atoms with van der Waals surface area (Å²) in [5, 5.41) is 3.59. The maximum absolute atomic E-state index is 13.3. The third-order valence-electron chi connectivity index (χ3n) is 3.80. The Morgan fingerprint density at radius 3 is 2.94 bits per heavy atom. The van der Waals surface area contributed by atoms with Gasteiger partial charge in [-0.05, 0) is 44.0 Å². The van der Waals surface area contributed by atoms with Crippen LogP contribution in [0.4, 0.5) is 4.39 Å². The minimum atomic E-state index is -0.435. The fourth-order valence-corrected chi connectivity index (χ4v) is 2.78. The van der Waals surface area contributed by atoms with Crippen molar-refractivity contribution in [2.75, 3.05) is 13.1 Å². The van der Waals surface area contributed by atoms with Crippen LogP contribution in [0.2, 0.25) is 5.02 Å². The highest BCUT2D eigenvalue weighted by molar-refractivity contribution is 6.34. The normalized spacial score (nSPS) is 23.9. The van der Waals surface area contributed by atoms with E-state index < -0.39 is 11.2 Å². The third-order valence-corrected chi connectivity index (χ3v) is 4.13. The lowest BCUT2D eigenvalue weighted by molar-refractivity contribution is 0.0730. The van der Waals surface area contributed by atoms with E-state index in [0.29, 0.717) is 17.1 Å². The molecule has 18 heavy (non-hydrogen) atoms. The zero-order chi connectivity index (χ0) is 13.2. The zero-order valence-corrected chi connectivity index (χ0v) is 11.2. The van der Waals surface area contributed by atoms with E-state index in [2.05, 4.69) is 5.32 Å². The van der Waals surface area contributed by atoms with Crippen molar-refractivity contribution in [1.82, 2.24) is 5.32 Å². The van der Waals surface area contributed by atoms with Crippen LogP contribution in [0.15, 0.2) is 18.2 Å². The van der Waals surface area contributed by atoms with Crippen molar-refractivity contribution in [2.24, 2.45) is 5.41 Å². The molecule has 1 aromatic rings. The molecule has 1 N–H and O–H groups in total. The van der Waals surface area contributed by atoms with E-state index in [9.17, 15) is 9.18 Å². The molecule has 0 radical (unpaired) electrons. The number of carbonyl (C=O) groups excluding carboxylic acids is 1. The number of carbonyl (C=O) groups is 1. The number of Topliss-reactive ketones (excluding diaryl/α,β-unsaturated/α-hetero) is 1. The lowest BCUT2D eigenvalue weighted by Gasteiger charge is -2.35. The van der Waals surface area contributed by atoms with Gasteiger partial charge in [-0.3, -0.25) is 4.79 Å². The van der Waals surface area contributed by atoms with Crippen molar-refractivity contribution < 1.29 is 9.18 Å². The SMILES string of the molecule is CCC1(C(=O)c2cc(F)ccc2Cl)CCCNC1. The fraction of sp³-hybridized carbons (Fsp3) is 0.500. The largest absolute Gasteiger partial charge is 0.316 e. The molecular formula is C14H17ClFNO. The minimum absolute atomic E-state index is 0.0401. The first-order valence-corrected chi connectivity index (χ1v) is 6.67. The number of rotatable bonds is 3. The average Bonchev–Trinajstić information content (AvgIpc) is 2.41. The van der Waals surface area contributed by atoms with Gasteiger partial charge in [-0.15, -0.1) is 0 Å². The van der Waals surface area contributed by atoms with E-state index in [1.165, 1.54) is 18.2 Å². The van der Waals surface area contributed by atoms with E-state index >= 15 is 0 Å². The third kappa shape index (κ3) is 2.43. The topological polar surface area (TPSA) is 29.1 Å². The highest BCUT2D eigenvalue weighted by atomic mass is 35.5. The Hall–Kier alpha value is -0.930. The summed E-state index contributed by atoms with van der Waals surface area (Å²) in [5.41, 5.74) is -0.127. The van der Waals surface area contributed by atoms with Gasteiger partial charge >= 0.3 is 0 Å². The number of benzene rings is 1. The van der Waals surface area contributed by atoms with Gasteiger partial charge in [0.05, 0.1) is 5.02 Å². The molecule has 0 bridgehead atoms. The van der Waals surface area contributed by atoms with Crippen molar-refractivity contribution in [3.63, 3.8) is 0 Å². The molecule has 1 atom stereocenters. The van der Waals surface area contributed by atoms with E-state index in [0.717, 1.165) is 25.8 Å². The fourth-order valence-electron chi connectivity index (χ4n) is 2.58. The second-order valence-corrected chi connectivity index (χ2v) is 5.27. The molecule has 0 spiro atoms. The van der Waals surface area contributed by atoms with Gasteiger partial charge < -0.3 is 5.32 Å². The molecule has 4 heteroatoms. The monoisotopic (exact) mass is 269 g/mol. The highest BCUT2D eigenvalue weighted by Gasteiger charge is 2.39. The summed E-state index contributed by atoms with van der Waals surface area (Å²) in [5.74, 6) is -0.459. The lowest BCUT2D eigenvalue weighted by atomic mass is 9.73. The van der Waals surface area contributed by atoms with Crippen molar-refractivity contribution >= 4 is 17.4 Å². The lowest BCUT2D eigenvalue weighted by Crippen LogP contribution is -2.45. The van der Waals surface area contributed by atoms with Crippen LogP contribution < -0.4 is 5.32 Å². The summed E-state index contributed by atoms with van der Waals surface area (Å²) in [7, 11) is 0.